The van der Waals surface area contributed by atoms with Crippen molar-refractivity contribution in [1.29, 1.82) is 0 Å². The van der Waals surface area contributed by atoms with Gasteiger partial charge in [0.15, 0.2) is 0 Å². The van der Waals surface area contributed by atoms with Gasteiger partial charge in [-0.25, -0.2) is 0 Å². The average Bonchev–Trinajstić information content (AvgIpc) is 2.53. The van der Waals surface area contributed by atoms with Gasteiger partial charge in [0, 0.05) is 99.6 Å². The monoisotopic (exact) mass is 844 g/mol. The van der Waals surface area contributed by atoms with E-state index in [1.807, 2.05) is 0 Å². The Morgan fingerprint density at radius 2 is 1.67 bits per heavy atom. The van der Waals surface area contributed by atoms with Gasteiger partial charge in [0.2, 0.25) is 0 Å². The normalized spacial score (nSPS) is 22.9. The van der Waals surface area contributed by atoms with Crippen LogP contribution in [0, 0.1) is 0 Å². The minimum Gasteiger partial charge on any atom is -0.428 e. The van der Waals surface area contributed by atoms with Gasteiger partial charge < -0.3 is 76.8 Å². The van der Waals surface area contributed by atoms with Crippen LogP contribution >= 0.6 is 0 Å². The molecule has 0 amide bonds. The predicted octanol–water partition coefficient (Wildman–Crippen LogP) is -12.7. The number of hydrogen-bond donors (Lipinski definition) is 6. The molecule has 30 heavy (non-hydrogen) atoms. The van der Waals surface area contributed by atoms with Crippen LogP contribution in [0.25, 0.3) is 0 Å². The predicted molar refractivity (Wildman–Crippen MR) is 108 cm³/mol. The molecule has 176 valence electrons. The zero-order valence-electron chi connectivity index (χ0n) is 15.7. The van der Waals surface area contributed by atoms with Crippen LogP contribution < -0.4 is 0 Å². The maximum atomic E-state index is 9.22. The molecule has 0 saturated carbocycles. The van der Waals surface area contributed by atoms with Crippen LogP contribution in [0.1, 0.15) is 1.43 Å². The summed E-state index contributed by atoms with van der Waals surface area (Å²) in [5.41, 5.74) is 0. The summed E-state index contributed by atoms with van der Waals surface area (Å²) >= 11 is 0. The minimum absolute atomic E-state index is 0. The van der Waals surface area contributed by atoms with E-state index in [1.165, 1.54) is 0 Å². The Hall–Kier alpha value is 4.80. The fraction of sp³-hybridized carbons (Fsp3) is 0. The van der Waals surface area contributed by atoms with Crippen LogP contribution in [0.2, 0.25) is 0 Å². The third-order valence-corrected chi connectivity index (χ3v) is 16.0. The van der Waals surface area contributed by atoms with Crippen LogP contribution in [0.5, 0.6) is 0 Å². The summed E-state index contributed by atoms with van der Waals surface area (Å²) in [6.07, 6.45) is 0. The molecule has 2 saturated heterocycles. The van der Waals surface area contributed by atoms with Gasteiger partial charge in [-0.05, 0) is 0 Å². The Morgan fingerprint density at radius 3 is 2.07 bits per heavy atom. The van der Waals surface area contributed by atoms with E-state index in [4.69, 9.17) is 52.8 Å². The molecule has 2 rings (SSSR count). The first-order chi connectivity index (χ1) is 11.8. The van der Waals surface area contributed by atoms with Gasteiger partial charge in [0.25, 0.3) is 20.0 Å². The van der Waals surface area contributed by atoms with E-state index in [-0.39, 0.29) is 111 Å². The zero-order chi connectivity index (χ0) is 19.2. The van der Waals surface area contributed by atoms with Crippen LogP contribution in [-0.2, 0) is 135 Å². The van der Waals surface area contributed by atoms with Crippen LogP contribution in [0.3, 0.4) is 0 Å². The topological polar surface area (TPSA) is 267 Å². The molecule has 6 radical (unpaired) electrons. The molecule has 2 aliphatic heterocycles. The van der Waals surface area contributed by atoms with Gasteiger partial charge in [0.1, 0.15) is 21.0 Å². The molecule has 30 heteroatoms. The Bertz CT molecular complexity index is 318. The Kier molecular flexibility index (Phi) is 50.9. The summed E-state index contributed by atoms with van der Waals surface area (Å²) in [5, 5.41) is 0. The Balaban J connectivity index is -0.0000000597. The summed E-state index contributed by atoms with van der Waals surface area (Å²) in [4.78, 5) is 47.6. The van der Waals surface area contributed by atoms with E-state index in [1.54, 1.807) is 0 Å². The number of fused-ring (bicyclic) bond motifs is 2. The SMILES string of the molecule is O.O.O[SiH2]O[SiH](O)O[SiH3].O[Si](O)O.O[Si]1O[SiH2]O[SiH]2O[Si](O1)O[SiH](O[SiH3])O2.[HH].[Y].[Y].[Y]. The van der Waals surface area contributed by atoms with Gasteiger partial charge in [-0.15, -0.1) is 0 Å². The fourth-order valence-electron chi connectivity index (χ4n) is 0.929. The van der Waals surface area contributed by atoms with Crippen molar-refractivity contribution in [3.8, 4) is 0 Å². The van der Waals surface area contributed by atoms with Crippen molar-refractivity contribution in [3.05, 3.63) is 0 Å². The molecule has 10 N–H and O–H groups in total. The molecule has 2 bridgehead atoms. The summed E-state index contributed by atoms with van der Waals surface area (Å²) in [7, 11) is -15.3. The van der Waals surface area contributed by atoms with Crippen molar-refractivity contribution in [2.24, 2.45) is 0 Å². The quantitative estimate of drug-likeness (QED) is 0.144. The first-order valence-corrected chi connectivity index (χ1v) is 18.2. The van der Waals surface area contributed by atoms with E-state index in [0.29, 0.717) is 21.0 Å². The molecular weight excluding hydrogens is 820 g/mol. The van der Waals surface area contributed by atoms with Gasteiger partial charge in [-0.3, -0.25) is 0 Å². The Labute approximate surface area is 270 Å². The van der Waals surface area contributed by atoms with Crippen molar-refractivity contribution < 1.29 is 176 Å². The standard InChI is InChI=1S/H8O8Si6.H8O4Si3.H3O3Si.2H2O.3Y.H2/c1-11-3-10-4-13-6-12(2-9)7-14(5-11)8-13;1-6-4-7(2)3-5;1-4(2)3;;;;;;/h1,12-13H,10H2,9H3;1-2,7H,6H2,5H3;1-3H;2*1H2;;;;1H. The Morgan fingerprint density at radius 1 is 1.13 bits per heavy atom. The zero-order valence-corrected chi connectivity index (χ0v) is 37.5. The average molecular weight is 845 g/mol. The number of hydrogen-bond acceptors (Lipinski definition) is 15. The van der Waals surface area contributed by atoms with Crippen molar-refractivity contribution in [3.63, 3.8) is 0 Å². The fourth-order valence-corrected chi connectivity index (χ4v) is 16.3. The second kappa shape index (κ2) is 31.8. The number of rotatable bonds is 4. The molecule has 0 aromatic rings. The van der Waals surface area contributed by atoms with Gasteiger partial charge in [-0.2, -0.15) is 0 Å². The van der Waals surface area contributed by atoms with Crippen molar-refractivity contribution in [2.75, 3.05) is 0 Å². The smallest absolute Gasteiger partial charge is 0.428 e. The van der Waals surface area contributed by atoms with Crippen LogP contribution in [-0.4, -0.2) is 138 Å². The molecular formula is H25O17Si10Y3. The second-order valence-electron chi connectivity index (χ2n) is 3.37. The van der Waals surface area contributed by atoms with E-state index < -0.39 is 77.2 Å². The second-order valence-corrected chi connectivity index (χ2v) is 18.6. The van der Waals surface area contributed by atoms with E-state index >= 15 is 0 Å². The molecule has 0 aromatic carbocycles. The van der Waals surface area contributed by atoms with E-state index in [2.05, 4.69) is 8.23 Å². The molecule has 2 aliphatic rings. The summed E-state index contributed by atoms with van der Waals surface area (Å²) < 4.78 is 45.1. The molecule has 3 unspecified atom stereocenters. The molecule has 0 aliphatic carbocycles. The molecule has 0 spiro atoms. The maximum Gasteiger partial charge on any atom is 0.569 e. The third-order valence-electron chi connectivity index (χ3n) is 1.78. The minimum atomic E-state index is -2.88. The van der Waals surface area contributed by atoms with Crippen molar-refractivity contribution >= 4 is 98.1 Å². The first kappa shape index (κ1) is 47.9. The summed E-state index contributed by atoms with van der Waals surface area (Å²) in [5.74, 6) is 0. The van der Waals surface area contributed by atoms with Crippen molar-refractivity contribution in [1.82, 2.24) is 0 Å². The van der Waals surface area contributed by atoms with Gasteiger partial charge >= 0.3 is 57.2 Å². The molecule has 3 atom stereocenters. The summed E-state index contributed by atoms with van der Waals surface area (Å²) in [6, 6.07) is 0. The van der Waals surface area contributed by atoms with Gasteiger partial charge in [0.05, 0.1) is 0 Å². The van der Waals surface area contributed by atoms with E-state index in [9.17, 15) is 4.80 Å². The largest absolute Gasteiger partial charge is 0.569 e. The third kappa shape index (κ3) is 29.0. The first-order valence-electron chi connectivity index (χ1n) is 6.06. The van der Waals surface area contributed by atoms with Crippen molar-refractivity contribution in [2.45, 2.75) is 0 Å². The summed E-state index contributed by atoms with van der Waals surface area (Å²) in [6.45, 7) is 0. The van der Waals surface area contributed by atoms with E-state index in [0.717, 1.165) is 0 Å². The van der Waals surface area contributed by atoms with Crippen LogP contribution in [0.15, 0.2) is 0 Å². The van der Waals surface area contributed by atoms with Gasteiger partial charge in [-0.1, -0.05) is 0 Å². The van der Waals surface area contributed by atoms with Crippen LogP contribution in [0.4, 0.5) is 0 Å². The maximum absolute atomic E-state index is 9.22. The molecule has 0 aromatic heterocycles. The molecule has 2 fully saturated rings. The molecule has 17 nitrogen and oxygen atoms in total. The molecule has 2 heterocycles.